The van der Waals surface area contributed by atoms with Crippen molar-refractivity contribution in [2.24, 2.45) is 17.4 Å². The molecule has 0 aliphatic carbocycles. The van der Waals surface area contributed by atoms with Crippen molar-refractivity contribution in [2.75, 3.05) is 74.1 Å². The molecule has 3 aliphatic rings. The van der Waals surface area contributed by atoms with E-state index in [1.54, 1.807) is 19.2 Å². The summed E-state index contributed by atoms with van der Waals surface area (Å²) in [5, 5.41) is 10.8. The minimum Gasteiger partial charge on any atom is -0.397 e. The van der Waals surface area contributed by atoms with Crippen LogP contribution in [0.5, 0.6) is 0 Å². The summed E-state index contributed by atoms with van der Waals surface area (Å²) >= 11 is 5.54. The molecule has 2 amide bonds. The molecule has 2 fully saturated rings. The van der Waals surface area contributed by atoms with Crippen LogP contribution in [0.25, 0.3) is 0 Å². The highest BCUT2D eigenvalue weighted by Crippen LogP contribution is 2.37. The molecule has 0 saturated carbocycles. The SMILES string of the molecule is C/C(F)=C(\C=C/C(C)C)C(/N)=C(/C=N)C(=O)NCCC(=O)N(C)CCN.Clc1ccccc1.Fc1cccc(N2CCCC(N3CCCc4c(N5CCCCC5)ccnc43)C2)c1. The smallest absolute Gasteiger partial charge is 0.254 e. The number of hydrogen-bond acceptors (Lipinski definition) is 9. The Labute approximate surface area is 372 Å². The van der Waals surface area contributed by atoms with E-state index < -0.39 is 11.7 Å². The fourth-order valence-corrected chi connectivity index (χ4v) is 7.93. The van der Waals surface area contributed by atoms with E-state index in [0.29, 0.717) is 19.1 Å². The average Bonchev–Trinajstić information content (AvgIpc) is 3.27. The normalized spacial score (nSPS) is 17.1. The molecule has 2 aromatic carbocycles. The highest BCUT2D eigenvalue weighted by molar-refractivity contribution is 6.30. The van der Waals surface area contributed by atoms with Crippen molar-refractivity contribution >= 4 is 46.8 Å². The van der Waals surface area contributed by atoms with Crippen molar-refractivity contribution in [1.82, 2.24) is 15.2 Å². The van der Waals surface area contributed by atoms with Crippen LogP contribution in [0.1, 0.15) is 71.3 Å². The molecule has 1 unspecified atom stereocenters. The van der Waals surface area contributed by atoms with E-state index in [-0.39, 0.29) is 47.5 Å². The van der Waals surface area contributed by atoms with Crippen molar-refractivity contribution in [2.45, 2.75) is 78.2 Å². The number of benzene rings is 2. The Morgan fingerprint density at radius 1 is 1.00 bits per heavy atom. The number of aromatic nitrogens is 1. The third-order valence-electron chi connectivity index (χ3n) is 11.0. The topological polar surface area (TPSA) is 148 Å². The summed E-state index contributed by atoms with van der Waals surface area (Å²) in [6.45, 7) is 11.3. The predicted molar refractivity (Wildman–Crippen MR) is 251 cm³/mol. The highest BCUT2D eigenvalue weighted by atomic mass is 35.5. The highest BCUT2D eigenvalue weighted by Gasteiger charge is 2.31. The third-order valence-corrected chi connectivity index (χ3v) is 11.3. The average molecular weight is 875 g/mol. The first-order valence-corrected chi connectivity index (χ1v) is 22.2. The number of hydrogen-bond donors (Lipinski definition) is 4. The largest absolute Gasteiger partial charge is 0.397 e. The van der Waals surface area contributed by atoms with Gasteiger partial charge in [-0.1, -0.05) is 61.9 Å². The lowest BCUT2D eigenvalue weighted by atomic mass is 9.96. The van der Waals surface area contributed by atoms with Crippen LogP contribution in [0.2, 0.25) is 5.02 Å². The van der Waals surface area contributed by atoms with Crippen LogP contribution in [-0.2, 0) is 16.0 Å². The molecule has 3 aliphatic heterocycles. The first-order chi connectivity index (χ1) is 29.8. The molecule has 0 spiro atoms. The fraction of sp³-hybridized carbons (Fsp3) is 0.458. The fourth-order valence-electron chi connectivity index (χ4n) is 7.79. The third kappa shape index (κ3) is 15.0. The van der Waals surface area contributed by atoms with Crippen LogP contribution in [-0.4, -0.2) is 93.4 Å². The van der Waals surface area contributed by atoms with Crippen LogP contribution in [0.3, 0.4) is 0 Å². The Morgan fingerprint density at radius 3 is 2.35 bits per heavy atom. The molecule has 336 valence electrons. The van der Waals surface area contributed by atoms with E-state index >= 15 is 0 Å². The van der Waals surface area contributed by atoms with Gasteiger partial charge in [-0.25, -0.2) is 13.8 Å². The van der Waals surface area contributed by atoms with Crippen LogP contribution < -0.4 is 31.5 Å². The lowest BCUT2D eigenvalue weighted by Crippen LogP contribution is -2.50. The lowest BCUT2D eigenvalue weighted by molar-refractivity contribution is -0.129. The zero-order chi connectivity index (χ0) is 45.0. The van der Waals surface area contributed by atoms with E-state index in [1.807, 2.05) is 62.5 Å². The quantitative estimate of drug-likeness (QED) is 0.0764. The number of amides is 2. The van der Waals surface area contributed by atoms with Gasteiger partial charge in [0.25, 0.3) is 5.91 Å². The maximum absolute atomic E-state index is 13.8. The molecule has 6 rings (SSSR count). The van der Waals surface area contributed by atoms with Crippen molar-refractivity contribution in [3.8, 4) is 0 Å². The second-order valence-electron chi connectivity index (χ2n) is 16.1. The van der Waals surface area contributed by atoms with Gasteiger partial charge in [-0.05, 0) is 94.2 Å². The number of nitrogens with one attached hydrogen (secondary N) is 2. The number of allylic oxidation sites excluding steroid dienone is 3. The standard InChI is InChI=1S/C24H31FN4.C18H30FN5O2.C6H5Cl/c25-19-7-4-8-20(17-19)28-15-5-9-21(18-28)29-16-6-10-22-23(11-12-26-24(22)29)27-13-2-1-3-14-27;1-12(2)5-6-14(13(3)19)17(22)15(11-21)18(26)23-9-7-16(25)24(4)10-8-20;7-6-4-2-1-3-5-6/h4,7-8,11-12,17,21H,1-3,5-6,9-10,13-16,18H2;5-6,11-12,21H,7-10,20,22H2,1-4H3,(H,23,26);1-5H/b;6-5-,14-13-,17-15+,21-11?;. The van der Waals surface area contributed by atoms with Gasteiger partial charge in [-0.2, -0.15) is 0 Å². The second-order valence-corrected chi connectivity index (χ2v) is 16.6. The second kappa shape index (κ2) is 25.6. The van der Waals surface area contributed by atoms with Crippen molar-refractivity contribution in [1.29, 1.82) is 5.41 Å². The van der Waals surface area contributed by atoms with Crippen molar-refractivity contribution < 1.29 is 18.4 Å². The summed E-state index contributed by atoms with van der Waals surface area (Å²) in [7, 11) is 1.63. The van der Waals surface area contributed by atoms with Gasteiger partial charge in [0, 0.05) is 112 Å². The molecule has 4 heterocycles. The lowest BCUT2D eigenvalue weighted by Gasteiger charge is -2.44. The summed E-state index contributed by atoms with van der Waals surface area (Å²) < 4.78 is 27.5. The Balaban J connectivity index is 0.000000237. The number of carbonyl (C=O) groups is 2. The number of nitrogens with two attached hydrogens (primary N) is 2. The van der Waals surface area contributed by atoms with E-state index in [1.165, 1.54) is 86.2 Å². The van der Waals surface area contributed by atoms with Gasteiger partial charge in [0.1, 0.15) is 17.5 Å². The van der Waals surface area contributed by atoms with Crippen LogP contribution >= 0.6 is 11.6 Å². The molecule has 0 bridgehead atoms. The van der Waals surface area contributed by atoms with Crippen molar-refractivity contribution in [3.63, 3.8) is 0 Å². The van der Waals surface area contributed by atoms with Crippen LogP contribution in [0, 0.1) is 17.1 Å². The summed E-state index contributed by atoms with van der Waals surface area (Å²) in [5.74, 6) is -0.130. The predicted octanol–water partition coefficient (Wildman–Crippen LogP) is 8.20. The first-order valence-electron chi connectivity index (χ1n) is 21.8. The summed E-state index contributed by atoms with van der Waals surface area (Å²) in [4.78, 5) is 37.9. The summed E-state index contributed by atoms with van der Waals surface area (Å²) in [6, 6.07) is 19.2. The van der Waals surface area contributed by atoms with Gasteiger partial charge in [0.15, 0.2) is 0 Å². The van der Waals surface area contributed by atoms with E-state index in [4.69, 9.17) is 33.5 Å². The van der Waals surface area contributed by atoms with Crippen LogP contribution in [0.15, 0.2) is 102 Å². The molecule has 3 aromatic rings. The number of likely N-dealkylation sites (N-methyl/N-ethyl adjacent to an activating group) is 1. The molecule has 11 nitrogen and oxygen atoms in total. The minimum atomic E-state index is -0.636. The number of nitrogens with zero attached hydrogens (tertiary/aromatic N) is 5. The molecular formula is C48H66ClF2N9O2. The number of pyridine rings is 1. The van der Waals surface area contributed by atoms with Gasteiger partial charge in [0.05, 0.1) is 11.3 Å². The molecule has 1 atom stereocenters. The number of halogens is 3. The van der Waals surface area contributed by atoms with Gasteiger partial charge in [-0.3, -0.25) is 9.59 Å². The van der Waals surface area contributed by atoms with Crippen LogP contribution in [0.4, 0.5) is 26.0 Å². The number of fused-ring (bicyclic) bond motifs is 1. The minimum absolute atomic E-state index is 0.0612. The molecule has 6 N–H and O–H groups in total. The monoisotopic (exact) mass is 873 g/mol. The van der Waals surface area contributed by atoms with E-state index in [0.717, 1.165) is 49.4 Å². The van der Waals surface area contributed by atoms with Gasteiger partial charge < -0.3 is 41.8 Å². The molecular weight excluding hydrogens is 808 g/mol. The first kappa shape index (κ1) is 49.4. The number of piperidine rings is 2. The molecule has 1 aromatic heterocycles. The summed E-state index contributed by atoms with van der Waals surface area (Å²) in [6.07, 6.45) is 14.7. The van der Waals surface area contributed by atoms with Gasteiger partial charge in [-0.15, -0.1) is 0 Å². The molecule has 0 radical (unpaired) electrons. The Morgan fingerprint density at radius 2 is 1.73 bits per heavy atom. The zero-order valence-corrected chi connectivity index (χ0v) is 37.6. The maximum Gasteiger partial charge on any atom is 0.254 e. The number of anilines is 3. The summed E-state index contributed by atoms with van der Waals surface area (Å²) in [5.41, 5.74) is 14.9. The van der Waals surface area contributed by atoms with E-state index in [2.05, 4.69) is 26.1 Å². The maximum atomic E-state index is 13.8. The number of carbonyl (C=O) groups excluding carboxylic acids is 2. The molecule has 2 saturated heterocycles. The molecule has 62 heavy (non-hydrogen) atoms. The number of rotatable bonds is 13. The Hall–Kier alpha value is -5.27. The molecule has 14 heteroatoms. The van der Waals surface area contributed by atoms with Gasteiger partial charge >= 0.3 is 0 Å². The zero-order valence-electron chi connectivity index (χ0n) is 36.9. The Kier molecular flexibility index (Phi) is 20.4. The van der Waals surface area contributed by atoms with Crippen molar-refractivity contribution in [3.05, 3.63) is 118 Å². The Bertz CT molecular complexity index is 2000. The van der Waals surface area contributed by atoms with E-state index in [9.17, 15) is 18.4 Å². The van der Waals surface area contributed by atoms with Gasteiger partial charge in [0.2, 0.25) is 5.91 Å².